The molecule has 0 unspecified atom stereocenters. The number of sulfonamides is 1. The summed E-state index contributed by atoms with van der Waals surface area (Å²) in [5.74, 6) is 0.0913. The van der Waals surface area contributed by atoms with Crippen LogP contribution in [0.1, 0.15) is 19.4 Å². The van der Waals surface area contributed by atoms with E-state index in [0.29, 0.717) is 37.7 Å². The lowest BCUT2D eigenvalue weighted by Crippen LogP contribution is -2.52. The summed E-state index contributed by atoms with van der Waals surface area (Å²) < 4.78 is 40.0. The van der Waals surface area contributed by atoms with Crippen LogP contribution in [0.25, 0.3) is 0 Å². The summed E-state index contributed by atoms with van der Waals surface area (Å²) in [5.41, 5.74) is 1.25. The first-order valence-corrected chi connectivity index (χ1v) is 14.3. The van der Waals surface area contributed by atoms with Crippen molar-refractivity contribution in [1.29, 1.82) is 0 Å². The molecule has 10 heteroatoms. The van der Waals surface area contributed by atoms with Gasteiger partial charge in [-0.2, -0.15) is 0 Å². The summed E-state index contributed by atoms with van der Waals surface area (Å²) in [6, 6.07) is 21.5. The average Bonchev–Trinajstić information content (AvgIpc) is 2.96. The second-order valence-electron chi connectivity index (χ2n) is 9.05. The van der Waals surface area contributed by atoms with E-state index in [1.165, 1.54) is 17.0 Å². The Kier molecular flexibility index (Phi) is 9.08. The summed E-state index contributed by atoms with van der Waals surface area (Å²) in [6.45, 7) is 4.32. The molecule has 0 saturated carbocycles. The lowest BCUT2D eigenvalue weighted by molar-refractivity contribution is -0.138. The lowest BCUT2D eigenvalue weighted by atomic mass is 10.1. The van der Waals surface area contributed by atoms with E-state index in [1.807, 2.05) is 30.3 Å². The van der Waals surface area contributed by atoms with Gasteiger partial charge in [0.2, 0.25) is 11.8 Å². The number of fused-ring (bicyclic) bond motifs is 1. The minimum atomic E-state index is -4.14. The number of nitrogens with zero attached hydrogens (tertiary/aromatic N) is 2. The summed E-state index contributed by atoms with van der Waals surface area (Å²) in [6.07, 6.45) is 0.506. The zero-order chi connectivity index (χ0) is 27.8. The van der Waals surface area contributed by atoms with Gasteiger partial charge in [0.1, 0.15) is 25.8 Å². The summed E-state index contributed by atoms with van der Waals surface area (Å²) in [4.78, 5) is 28.1. The quantitative estimate of drug-likeness (QED) is 0.392. The van der Waals surface area contributed by atoms with Gasteiger partial charge in [-0.1, -0.05) is 48.5 Å². The molecule has 4 rings (SSSR count). The third-order valence-electron chi connectivity index (χ3n) is 6.43. The van der Waals surface area contributed by atoms with Crippen LogP contribution in [0, 0.1) is 0 Å². The van der Waals surface area contributed by atoms with Crippen LogP contribution in [-0.2, 0) is 26.0 Å². The van der Waals surface area contributed by atoms with E-state index in [9.17, 15) is 18.0 Å². The zero-order valence-electron chi connectivity index (χ0n) is 22.1. The predicted molar refractivity (Wildman–Crippen MR) is 148 cm³/mol. The van der Waals surface area contributed by atoms with Crippen LogP contribution in [0.15, 0.2) is 83.8 Å². The van der Waals surface area contributed by atoms with Crippen LogP contribution in [0.4, 0.5) is 5.69 Å². The number of carbonyl (C=O) groups excluding carboxylic acids is 2. The maximum Gasteiger partial charge on any atom is 0.264 e. The number of ether oxygens (including phenoxy) is 2. The maximum atomic E-state index is 13.8. The Hall–Kier alpha value is -4.05. The maximum absolute atomic E-state index is 13.8. The molecule has 1 heterocycles. The van der Waals surface area contributed by atoms with Crippen LogP contribution >= 0.6 is 0 Å². The van der Waals surface area contributed by atoms with Crippen molar-refractivity contribution in [2.45, 2.75) is 31.2 Å². The Labute approximate surface area is 229 Å². The fourth-order valence-corrected chi connectivity index (χ4v) is 5.75. The van der Waals surface area contributed by atoms with Gasteiger partial charge in [-0.3, -0.25) is 13.9 Å². The molecule has 1 N–H and O–H groups in total. The first kappa shape index (κ1) is 28.0. The summed E-state index contributed by atoms with van der Waals surface area (Å²) in [7, 11) is -4.14. The Balaban J connectivity index is 1.69. The monoisotopic (exact) mass is 551 g/mol. The molecule has 0 aliphatic carbocycles. The molecule has 1 atom stereocenters. The molecule has 3 aromatic rings. The van der Waals surface area contributed by atoms with Crippen molar-refractivity contribution in [3.05, 3.63) is 84.4 Å². The first-order chi connectivity index (χ1) is 18.8. The Morgan fingerprint density at radius 2 is 1.56 bits per heavy atom. The van der Waals surface area contributed by atoms with Gasteiger partial charge >= 0.3 is 0 Å². The Morgan fingerprint density at radius 3 is 2.23 bits per heavy atom. The number of benzene rings is 3. The predicted octanol–water partition coefficient (Wildman–Crippen LogP) is 3.25. The summed E-state index contributed by atoms with van der Waals surface area (Å²) in [5, 5.41) is 2.76. The number of likely N-dealkylation sites (N-methyl/N-ethyl adjacent to an activating group) is 1. The largest absolute Gasteiger partial charge is 0.486 e. The summed E-state index contributed by atoms with van der Waals surface area (Å²) >= 11 is 0. The van der Waals surface area contributed by atoms with Gasteiger partial charge in [-0.15, -0.1) is 0 Å². The minimum absolute atomic E-state index is 0.0419. The molecule has 0 fully saturated rings. The lowest BCUT2D eigenvalue weighted by Gasteiger charge is -2.32. The van der Waals surface area contributed by atoms with Crippen LogP contribution in [0.2, 0.25) is 0 Å². The highest BCUT2D eigenvalue weighted by Crippen LogP contribution is 2.35. The number of hydrogen-bond acceptors (Lipinski definition) is 6. The van der Waals surface area contributed by atoms with Gasteiger partial charge in [-0.05, 0) is 50.1 Å². The van der Waals surface area contributed by atoms with E-state index in [-0.39, 0.29) is 23.0 Å². The Bertz CT molecular complexity index is 1380. The van der Waals surface area contributed by atoms with Gasteiger partial charge in [0.05, 0.1) is 10.6 Å². The SMILES string of the molecule is CCNC(=O)[C@@H](C)N(CCc1ccccc1)C(=O)CN(c1ccc2c(c1)OCCO2)S(=O)(=O)c1ccccc1. The van der Waals surface area contributed by atoms with Crippen LogP contribution < -0.4 is 19.1 Å². The van der Waals surface area contributed by atoms with Crippen molar-refractivity contribution < 1.29 is 27.5 Å². The number of nitrogens with one attached hydrogen (secondary N) is 1. The van der Waals surface area contributed by atoms with E-state index in [0.717, 1.165) is 9.87 Å². The molecule has 0 radical (unpaired) electrons. The van der Waals surface area contributed by atoms with Gasteiger partial charge in [-0.25, -0.2) is 8.42 Å². The molecule has 0 spiro atoms. The molecule has 2 amide bonds. The highest BCUT2D eigenvalue weighted by atomic mass is 32.2. The molecule has 0 saturated heterocycles. The smallest absolute Gasteiger partial charge is 0.264 e. The molecule has 0 aromatic heterocycles. The molecule has 0 bridgehead atoms. The molecular formula is C29H33N3O6S. The molecule has 1 aliphatic heterocycles. The number of hydrogen-bond donors (Lipinski definition) is 1. The first-order valence-electron chi connectivity index (χ1n) is 12.9. The molecular weight excluding hydrogens is 518 g/mol. The van der Waals surface area contributed by atoms with Gasteiger partial charge in [0, 0.05) is 19.2 Å². The fourth-order valence-electron chi connectivity index (χ4n) is 4.33. The van der Waals surface area contributed by atoms with Gasteiger partial charge in [0.15, 0.2) is 11.5 Å². The molecule has 9 nitrogen and oxygen atoms in total. The van der Waals surface area contributed by atoms with E-state index >= 15 is 0 Å². The van der Waals surface area contributed by atoms with Crippen molar-refractivity contribution in [3.8, 4) is 11.5 Å². The van der Waals surface area contributed by atoms with E-state index in [4.69, 9.17) is 9.47 Å². The third kappa shape index (κ3) is 6.69. The standard InChI is InChI=1S/C29H33N3O6S/c1-3-30-29(34)22(2)31(17-16-23-10-6-4-7-11-23)28(33)21-32(39(35,36)25-12-8-5-9-13-25)24-14-15-26-27(20-24)38-19-18-37-26/h4-15,20,22H,3,16-19,21H2,1-2H3,(H,30,34)/t22-/m1/s1. The highest BCUT2D eigenvalue weighted by Gasteiger charge is 2.32. The Morgan fingerprint density at radius 1 is 0.923 bits per heavy atom. The number of anilines is 1. The van der Waals surface area contributed by atoms with E-state index < -0.39 is 28.5 Å². The van der Waals surface area contributed by atoms with Crippen molar-refractivity contribution in [1.82, 2.24) is 10.2 Å². The fraction of sp³-hybridized carbons (Fsp3) is 0.310. The molecule has 206 valence electrons. The van der Waals surface area contributed by atoms with Crippen molar-refractivity contribution in [2.75, 3.05) is 37.2 Å². The zero-order valence-corrected chi connectivity index (χ0v) is 22.9. The van der Waals surface area contributed by atoms with Crippen LogP contribution in [0.5, 0.6) is 11.5 Å². The number of rotatable bonds is 11. The minimum Gasteiger partial charge on any atom is -0.486 e. The molecule has 3 aromatic carbocycles. The van der Waals surface area contributed by atoms with E-state index in [2.05, 4.69) is 5.32 Å². The number of carbonyl (C=O) groups is 2. The average molecular weight is 552 g/mol. The third-order valence-corrected chi connectivity index (χ3v) is 8.21. The van der Waals surface area contributed by atoms with E-state index in [1.54, 1.807) is 50.2 Å². The van der Waals surface area contributed by atoms with Crippen molar-refractivity contribution >= 4 is 27.5 Å². The molecule has 1 aliphatic rings. The second kappa shape index (κ2) is 12.7. The van der Waals surface area contributed by atoms with Gasteiger partial charge < -0.3 is 19.7 Å². The van der Waals surface area contributed by atoms with Crippen LogP contribution in [0.3, 0.4) is 0 Å². The topological polar surface area (TPSA) is 105 Å². The highest BCUT2D eigenvalue weighted by molar-refractivity contribution is 7.92. The number of amides is 2. The second-order valence-corrected chi connectivity index (χ2v) is 10.9. The molecule has 39 heavy (non-hydrogen) atoms. The van der Waals surface area contributed by atoms with Crippen molar-refractivity contribution in [2.24, 2.45) is 0 Å². The normalized spacial score (nSPS) is 13.3. The van der Waals surface area contributed by atoms with Crippen molar-refractivity contribution in [3.63, 3.8) is 0 Å². The van der Waals surface area contributed by atoms with Gasteiger partial charge in [0.25, 0.3) is 10.0 Å². The van der Waals surface area contributed by atoms with Crippen LogP contribution in [-0.4, -0.2) is 64.0 Å².